The minimum atomic E-state index is -0.221. The quantitative estimate of drug-likeness (QED) is 0.866. The first-order chi connectivity index (χ1) is 11.1. The van der Waals surface area contributed by atoms with Gasteiger partial charge in [0.05, 0.1) is 24.3 Å². The van der Waals surface area contributed by atoms with Gasteiger partial charge in [0.1, 0.15) is 5.15 Å². The molecule has 3 heterocycles. The molecule has 1 aromatic heterocycles. The normalized spacial score (nSPS) is 28.3. The fraction of sp³-hybridized carbons (Fsp3) is 0.294. The third kappa shape index (κ3) is 2.33. The summed E-state index contributed by atoms with van der Waals surface area (Å²) in [7, 11) is 0. The molecular weight excluding hydrogens is 335 g/mol. The van der Waals surface area contributed by atoms with Crippen molar-refractivity contribution in [3.63, 3.8) is 0 Å². The topological polar surface area (TPSA) is 51.2 Å². The van der Waals surface area contributed by atoms with Gasteiger partial charge < -0.3 is 10.1 Å². The van der Waals surface area contributed by atoms with Gasteiger partial charge in [-0.15, -0.1) is 0 Å². The van der Waals surface area contributed by atoms with Gasteiger partial charge in [0.2, 0.25) is 0 Å². The highest BCUT2D eigenvalue weighted by atomic mass is 35.5. The van der Waals surface area contributed by atoms with Crippen LogP contribution in [0.5, 0.6) is 0 Å². The van der Waals surface area contributed by atoms with Gasteiger partial charge in [-0.3, -0.25) is 4.79 Å². The Morgan fingerprint density at radius 3 is 2.74 bits per heavy atom. The molecule has 0 radical (unpaired) electrons. The van der Waals surface area contributed by atoms with Crippen LogP contribution in [0.2, 0.25) is 10.2 Å². The van der Waals surface area contributed by atoms with E-state index in [2.05, 4.69) is 10.3 Å². The Kier molecular flexibility index (Phi) is 3.56. The van der Waals surface area contributed by atoms with Gasteiger partial charge in [-0.1, -0.05) is 35.3 Å². The number of nitrogens with one attached hydrogen (secondary N) is 1. The van der Waals surface area contributed by atoms with E-state index in [1.807, 2.05) is 24.3 Å². The number of hydrogen-bond donors (Lipinski definition) is 1. The summed E-state index contributed by atoms with van der Waals surface area (Å²) in [5.74, 6) is -0.221. The van der Waals surface area contributed by atoms with Crippen LogP contribution in [-0.2, 0) is 10.2 Å². The number of nitrogens with zero attached hydrogens (tertiary/aromatic N) is 1. The second-order valence-electron chi connectivity index (χ2n) is 6.01. The van der Waals surface area contributed by atoms with Gasteiger partial charge >= 0.3 is 0 Å². The van der Waals surface area contributed by atoms with Crippen molar-refractivity contribution in [1.82, 2.24) is 10.3 Å². The van der Waals surface area contributed by atoms with E-state index in [0.29, 0.717) is 17.2 Å². The zero-order chi connectivity index (χ0) is 16.0. The molecule has 2 bridgehead atoms. The van der Waals surface area contributed by atoms with Crippen LogP contribution in [0.15, 0.2) is 42.6 Å². The molecule has 3 aliphatic rings. The van der Waals surface area contributed by atoms with Crippen LogP contribution in [0.1, 0.15) is 22.3 Å². The van der Waals surface area contributed by atoms with E-state index >= 15 is 0 Å². The predicted octanol–water partition coefficient (Wildman–Crippen LogP) is 3.23. The first-order valence-electron chi connectivity index (χ1n) is 7.39. The van der Waals surface area contributed by atoms with Crippen molar-refractivity contribution in [2.24, 2.45) is 0 Å². The van der Waals surface area contributed by atoms with Gasteiger partial charge in [0, 0.05) is 16.6 Å². The van der Waals surface area contributed by atoms with Crippen molar-refractivity contribution in [3.05, 3.63) is 63.9 Å². The number of amides is 1. The lowest BCUT2D eigenvalue weighted by atomic mass is 9.61. The Balaban J connectivity index is 1.59. The van der Waals surface area contributed by atoms with Crippen molar-refractivity contribution < 1.29 is 9.53 Å². The Bertz CT molecular complexity index is 761. The van der Waals surface area contributed by atoms with E-state index in [0.717, 1.165) is 12.0 Å². The summed E-state index contributed by atoms with van der Waals surface area (Å²) >= 11 is 12.0. The molecule has 1 aliphatic carbocycles. The molecule has 2 aromatic rings. The number of aromatic nitrogens is 1. The number of carbonyl (C=O) groups excluding carboxylic acids is 1. The molecule has 1 saturated carbocycles. The number of carbonyl (C=O) groups is 1. The summed E-state index contributed by atoms with van der Waals surface area (Å²) in [5, 5.41) is 3.97. The molecule has 1 N–H and O–H groups in total. The van der Waals surface area contributed by atoms with Gasteiger partial charge in [-0.25, -0.2) is 4.98 Å². The second-order valence-corrected chi connectivity index (χ2v) is 6.80. The zero-order valence-electron chi connectivity index (χ0n) is 12.1. The van der Waals surface area contributed by atoms with Crippen molar-refractivity contribution >= 4 is 29.1 Å². The highest BCUT2D eigenvalue weighted by molar-refractivity contribution is 6.32. The highest BCUT2D eigenvalue weighted by Crippen LogP contribution is 2.52. The summed E-state index contributed by atoms with van der Waals surface area (Å²) in [6.45, 7) is 0.602. The Morgan fingerprint density at radius 2 is 2.04 bits per heavy atom. The average Bonchev–Trinajstić information content (AvgIpc) is 3.13. The smallest absolute Gasteiger partial charge is 0.254 e. The zero-order valence-corrected chi connectivity index (χ0v) is 13.6. The van der Waals surface area contributed by atoms with Crippen LogP contribution in [0.25, 0.3) is 0 Å². The van der Waals surface area contributed by atoms with Gasteiger partial charge in [0.15, 0.2) is 0 Å². The Labute approximate surface area is 143 Å². The number of halogens is 2. The summed E-state index contributed by atoms with van der Waals surface area (Å²) in [6.07, 6.45) is 2.51. The minimum absolute atomic E-state index is 0.0464. The molecule has 1 amide bonds. The van der Waals surface area contributed by atoms with Crippen molar-refractivity contribution in [3.8, 4) is 0 Å². The van der Waals surface area contributed by atoms with Crippen molar-refractivity contribution in [1.29, 1.82) is 0 Å². The van der Waals surface area contributed by atoms with E-state index < -0.39 is 0 Å². The molecule has 0 spiro atoms. The maximum absolute atomic E-state index is 12.5. The number of benzene rings is 1. The molecule has 2 saturated heterocycles. The Morgan fingerprint density at radius 1 is 1.26 bits per heavy atom. The lowest BCUT2D eigenvalue weighted by Gasteiger charge is -2.45. The van der Waals surface area contributed by atoms with Crippen LogP contribution in [-0.4, -0.2) is 29.6 Å². The van der Waals surface area contributed by atoms with Crippen LogP contribution in [0.4, 0.5) is 0 Å². The number of pyridine rings is 1. The van der Waals surface area contributed by atoms with Crippen LogP contribution >= 0.6 is 23.2 Å². The first kappa shape index (κ1) is 14.9. The fourth-order valence-electron chi connectivity index (χ4n) is 3.53. The SMILES string of the molecule is O=C(N[C@@H]1[C@H]2C[C@]1(c1ccc(Cl)cc1)CO2)c1cccnc1Cl. The third-order valence-corrected chi connectivity index (χ3v) is 5.35. The predicted molar refractivity (Wildman–Crippen MR) is 88.0 cm³/mol. The maximum atomic E-state index is 12.5. The minimum Gasteiger partial charge on any atom is -0.375 e. The Hall–Kier alpha value is -1.62. The summed E-state index contributed by atoms with van der Waals surface area (Å²) in [5.41, 5.74) is 1.34. The van der Waals surface area contributed by atoms with Crippen LogP contribution < -0.4 is 5.32 Å². The average molecular weight is 349 g/mol. The van der Waals surface area contributed by atoms with Gasteiger partial charge in [-0.05, 0) is 36.2 Å². The lowest BCUT2D eigenvalue weighted by molar-refractivity contribution is 0.0679. The highest BCUT2D eigenvalue weighted by Gasteiger charge is 2.62. The lowest BCUT2D eigenvalue weighted by Crippen LogP contribution is -2.62. The van der Waals surface area contributed by atoms with Gasteiger partial charge in [0.25, 0.3) is 5.91 Å². The summed E-state index contributed by atoms with van der Waals surface area (Å²) in [6, 6.07) is 11.0. The largest absolute Gasteiger partial charge is 0.375 e. The number of fused-ring (bicyclic) bond motifs is 1. The van der Waals surface area contributed by atoms with Crippen LogP contribution in [0, 0.1) is 0 Å². The van der Waals surface area contributed by atoms with Crippen LogP contribution in [0.3, 0.4) is 0 Å². The number of ether oxygens (including phenoxy) is 1. The monoisotopic (exact) mass is 348 g/mol. The van der Waals surface area contributed by atoms with E-state index in [4.69, 9.17) is 27.9 Å². The molecule has 118 valence electrons. The molecular formula is C17H14Cl2N2O2. The maximum Gasteiger partial charge on any atom is 0.254 e. The van der Waals surface area contributed by atoms with E-state index in [9.17, 15) is 4.79 Å². The van der Waals surface area contributed by atoms with Crippen molar-refractivity contribution in [2.75, 3.05) is 6.61 Å². The molecule has 6 heteroatoms. The van der Waals surface area contributed by atoms with Crippen molar-refractivity contribution in [2.45, 2.75) is 24.0 Å². The van der Waals surface area contributed by atoms with Gasteiger partial charge in [-0.2, -0.15) is 0 Å². The first-order valence-corrected chi connectivity index (χ1v) is 8.15. The summed E-state index contributed by atoms with van der Waals surface area (Å²) in [4.78, 5) is 16.5. The molecule has 4 nitrogen and oxygen atoms in total. The molecule has 1 aromatic carbocycles. The molecule has 2 aliphatic heterocycles. The molecule has 23 heavy (non-hydrogen) atoms. The number of rotatable bonds is 3. The molecule has 0 unspecified atom stereocenters. The number of hydrogen-bond acceptors (Lipinski definition) is 3. The van der Waals surface area contributed by atoms with E-state index in [1.165, 1.54) is 0 Å². The molecule has 3 atom stereocenters. The fourth-order valence-corrected chi connectivity index (χ4v) is 3.86. The standard InChI is InChI=1S/C17H14Cl2N2O2/c18-11-5-3-10(4-6-11)17-8-13(23-9-17)14(17)21-16(22)12-2-1-7-20-15(12)19/h1-7,13-14H,8-9H2,(H,21,22)/t13-,14-,17-/m1/s1. The third-order valence-electron chi connectivity index (χ3n) is 4.80. The van der Waals surface area contributed by atoms with E-state index in [1.54, 1.807) is 18.3 Å². The van der Waals surface area contributed by atoms with E-state index in [-0.39, 0.29) is 28.6 Å². The molecule has 5 rings (SSSR count). The summed E-state index contributed by atoms with van der Waals surface area (Å²) < 4.78 is 5.80. The second kappa shape index (κ2) is 5.48. The molecule has 3 fully saturated rings.